The minimum Gasteiger partial charge on any atom is -0.493 e. The van der Waals surface area contributed by atoms with E-state index < -0.39 is 0 Å². The van der Waals surface area contributed by atoms with E-state index in [0.717, 1.165) is 50.1 Å². The Bertz CT molecular complexity index is 822. The number of carbonyl (C=O) groups is 1. The highest BCUT2D eigenvalue weighted by Crippen LogP contribution is 2.29. The molecule has 2 fully saturated rings. The molecule has 4 rings (SSSR count). The predicted molar refractivity (Wildman–Crippen MR) is 114 cm³/mol. The van der Waals surface area contributed by atoms with E-state index in [1.165, 1.54) is 24.1 Å². The van der Waals surface area contributed by atoms with Crippen molar-refractivity contribution >= 4 is 17.3 Å². The number of piperazine rings is 1. The van der Waals surface area contributed by atoms with Crippen LogP contribution in [0.3, 0.4) is 0 Å². The smallest absolute Gasteiger partial charge is 0.255 e. The average molecular weight is 380 g/mol. The van der Waals surface area contributed by atoms with Gasteiger partial charge >= 0.3 is 0 Å². The summed E-state index contributed by atoms with van der Waals surface area (Å²) >= 11 is 0. The van der Waals surface area contributed by atoms with Crippen molar-refractivity contribution in [2.75, 3.05) is 50.1 Å². The fourth-order valence-corrected chi connectivity index (χ4v) is 3.54. The first-order chi connectivity index (χ1) is 13.6. The molecule has 0 atom stereocenters. The molecule has 2 aromatic rings. The normalized spacial score (nSPS) is 17.4. The van der Waals surface area contributed by atoms with Gasteiger partial charge in [-0.15, -0.1) is 0 Å². The summed E-state index contributed by atoms with van der Waals surface area (Å²) in [5, 5.41) is 3.01. The maximum atomic E-state index is 12.6. The van der Waals surface area contributed by atoms with Crippen molar-refractivity contribution in [1.82, 2.24) is 4.90 Å². The Morgan fingerprint density at radius 2 is 1.79 bits per heavy atom. The number of rotatable bonds is 6. The van der Waals surface area contributed by atoms with Gasteiger partial charge in [0.1, 0.15) is 5.75 Å². The minimum atomic E-state index is -0.0968. The highest BCUT2D eigenvalue weighted by atomic mass is 16.5. The Labute approximate surface area is 167 Å². The van der Waals surface area contributed by atoms with Crippen LogP contribution in [0.1, 0.15) is 28.8 Å². The van der Waals surface area contributed by atoms with E-state index in [1.54, 1.807) is 0 Å². The van der Waals surface area contributed by atoms with Crippen molar-refractivity contribution in [1.29, 1.82) is 0 Å². The van der Waals surface area contributed by atoms with Crippen LogP contribution in [0.5, 0.6) is 5.75 Å². The van der Waals surface area contributed by atoms with Gasteiger partial charge in [0.05, 0.1) is 6.61 Å². The van der Waals surface area contributed by atoms with Crippen LogP contribution in [0.4, 0.5) is 11.4 Å². The molecule has 0 radical (unpaired) electrons. The topological polar surface area (TPSA) is 44.8 Å². The molecule has 5 nitrogen and oxygen atoms in total. The molecule has 1 aliphatic carbocycles. The zero-order chi connectivity index (χ0) is 19.5. The van der Waals surface area contributed by atoms with Gasteiger partial charge in [-0.05, 0) is 80.8 Å². The Hall–Kier alpha value is -2.53. The monoisotopic (exact) mass is 379 g/mol. The quantitative estimate of drug-likeness (QED) is 0.829. The summed E-state index contributed by atoms with van der Waals surface area (Å²) in [5.74, 6) is 1.45. The molecule has 28 heavy (non-hydrogen) atoms. The van der Waals surface area contributed by atoms with Crippen LogP contribution in [0.2, 0.25) is 0 Å². The highest BCUT2D eigenvalue weighted by molar-refractivity contribution is 6.04. The van der Waals surface area contributed by atoms with Gasteiger partial charge < -0.3 is 19.9 Å². The lowest BCUT2D eigenvalue weighted by molar-refractivity contribution is 0.102. The van der Waals surface area contributed by atoms with Crippen molar-refractivity contribution in [3.8, 4) is 5.75 Å². The van der Waals surface area contributed by atoms with Crippen LogP contribution >= 0.6 is 0 Å². The second-order valence-corrected chi connectivity index (χ2v) is 8.02. The van der Waals surface area contributed by atoms with Crippen LogP contribution in [0, 0.1) is 12.8 Å². The number of aryl methyl sites for hydroxylation is 1. The number of carbonyl (C=O) groups excluding carboxylic acids is 1. The van der Waals surface area contributed by atoms with E-state index in [4.69, 9.17) is 4.74 Å². The zero-order valence-corrected chi connectivity index (χ0v) is 16.8. The van der Waals surface area contributed by atoms with Crippen molar-refractivity contribution in [3.05, 3.63) is 53.6 Å². The van der Waals surface area contributed by atoms with Gasteiger partial charge in [0.2, 0.25) is 0 Å². The first-order valence-electron chi connectivity index (χ1n) is 10.2. The van der Waals surface area contributed by atoms with Crippen molar-refractivity contribution in [3.63, 3.8) is 0 Å². The molecular weight excluding hydrogens is 350 g/mol. The molecule has 0 unspecified atom stereocenters. The van der Waals surface area contributed by atoms with Crippen LogP contribution in [0.25, 0.3) is 0 Å². The molecule has 1 heterocycles. The van der Waals surface area contributed by atoms with E-state index in [9.17, 15) is 4.79 Å². The number of hydrogen-bond acceptors (Lipinski definition) is 4. The lowest BCUT2D eigenvalue weighted by atomic mass is 10.1. The number of hydrogen-bond donors (Lipinski definition) is 1. The van der Waals surface area contributed by atoms with Crippen LogP contribution in [-0.4, -0.2) is 50.6 Å². The van der Waals surface area contributed by atoms with Gasteiger partial charge in [0.15, 0.2) is 0 Å². The van der Waals surface area contributed by atoms with Crippen molar-refractivity contribution < 1.29 is 9.53 Å². The van der Waals surface area contributed by atoms with Crippen molar-refractivity contribution in [2.45, 2.75) is 19.8 Å². The number of ether oxygens (including phenoxy) is 1. The summed E-state index contributed by atoms with van der Waals surface area (Å²) < 4.78 is 5.74. The second-order valence-electron chi connectivity index (χ2n) is 8.02. The molecule has 148 valence electrons. The number of nitrogens with one attached hydrogen (secondary N) is 1. The summed E-state index contributed by atoms with van der Waals surface area (Å²) in [4.78, 5) is 17.3. The molecule has 1 N–H and O–H groups in total. The third-order valence-corrected chi connectivity index (χ3v) is 5.60. The van der Waals surface area contributed by atoms with Gasteiger partial charge in [0.25, 0.3) is 5.91 Å². The van der Waals surface area contributed by atoms with Gasteiger partial charge in [-0.3, -0.25) is 4.79 Å². The molecular formula is C23H29N3O2. The van der Waals surface area contributed by atoms with E-state index in [1.807, 2.05) is 30.3 Å². The third kappa shape index (κ3) is 4.65. The van der Waals surface area contributed by atoms with E-state index in [-0.39, 0.29) is 5.91 Å². The highest BCUT2D eigenvalue weighted by Gasteiger charge is 2.22. The molecule has 2 aliphatic rings. The molecule has 0 bridgehead atoms. The summed E-state index contributed by atoms with van der Waals surface area (Å²) in [6, 6.07) is 13.6. The summed E-state index contributed by atoms with van der Waals surface area (Å²) in [6.07, 6.45) is 2.54. The van der Waals surface area contributed by atoms with E-state index in [0.29, 0.717) is 5.56 Å². The molecule has 1 amide bonds. The van der Waals surface area contributed by atoms with E-state index >= 15 is 0 Å². The number of likely N-dealkylation sites (N-methyl/N-ethyl adjacent to an activating group) is 1. The Morgan fingerprint density at radius 1 is 1.07 bits per heavy atom. The lowest BCUT2D eigenvalue weighted by Gasteiger charge is -2.35. The fraction of sp³-hybridized carbons (Fsp3) is 0.435. The Balaban J connectivity index is 1.36. The standard InChI is InChI=1S/C23H29N3O2/c1-17-15-20(7-10-22(17)26-13-11-25(2)12-14-26)24-23(27)19-5-8-21(9-6-19)28-16-18-3-4-18/h5-10,15,18H,3-4,11-14,16H2,1-2H3,(H,24,27). The molecule has 0 aromatic heterocycles. The summed E-state index contributed by atoms with van der Waals surface area (Å²) in [5.41, 5.74) is 3.91. The van der Waals surface area contributed by atoms with Gasteiger partial charge in [-0.25, -0.2) is 0 Å². The first kappa shape index (κ1) is 18.8. The Morgan fingerprint density at radius 3 is 2.43 bits per heavy atom. The zero-order valence-electron chi connectivity index (χ0n) is 16.8. The van der Waals surface area contributed by atoms with Gasteiger partial charge in [-0.1, -0.05) is 0 Å². The molecule has 5 heteroatoms. The van der Waals surface area contributed by atoms with E-state index in [2.05, 4.69) is 41.2 Å². The van der Waals surface area contributed by atoms with Crippen molar-refractivity contribution in [2.24, 2.45) is 5.92 Å². The predicted octanol–water partition coefficient (Wildman–Crippen LogP) is 3.79. The molecule has 1 aliphatic heterocycles. The summed E-state index contributed by atoms with van der Waals surface area (Å²) in [6.45, 7) is 7.13. The molecule has 2 aromatic carbocycles. The largest absolute Gasteiger partial charge is 0.493 e. The third-order valence-electron chi connectivity index (χ3n) is 5.60. The minimum absolute atomic E-state index is 0.0968. The number of nitrogens with zero attached hydrogens (tertiary/aromatic N) is 2. The maximum absolute atomic E-state index is 12.6. The van der Waals surface area contributed by atoms with Crippen LogP contribution in [-0.2, 0) is 0 Å². The van der Waals surface area contributed by atoms with Crippen LogP contribution in [0.15, 0.2) is 42.5 Å². The second kappa shape index (κ2) is 8.23. The average Bonchev–Trinajstić information content (AvgIpc) is 3.52. The first-order valence-corrected chi connectivity index (χ1v) is 10.2. The summed E-state index contributed by atoms with van der Waals surface area (Å²) in [7, 11) is 2.16. The van der Waals surface area contributed by atoms with Gasteiger partial charge in [0, 0.05) is 43.1 Å². The molecule has 1 saturated carbocycles. The number of anilines is 2. The number of amides is 1. The fourth-order valence-electron chi connectivity index (χ4n) is 3.54. The molecule has 0 spiro atoms. The molecule has 1 saturated heterocycles. The van der Waals surface area contributed by atoms with Gasteiger partial charge in [-0.2, -0.15) is 0 Å². The van der Waals surface area contributed by atoms with Crippen LogP contribution < -0.4 is 15.0 Å². The number of benzene rings is 2. The SMILES string of the molecule is Cc1cc(NC(=O)c2ccc(OCC3CC3)cc2)ccc1N1CCN(C)CC1. The Kier molecular flexibility index (Phi) is 5.53. The maximum Gasteiger partial charge on any atom is 0.255 e. The lowest BCUT2D eigenvalue weighted by Crippen LogP contribution is -2.44.